The SMILES string of the molecule is Cc1cc(C)n(-c2ccc(C(=O)NC(C)c3ccc(Cl)s3)cc2)n1. The van der Waals surface area contributed by atoms with Crippen LogP contribution in [-0.4, -0.2) is 15.7 Å². The van der Waals surface area contributed by atoms with Gasteiger partial charge in [-0.1, -0.05) is 11.6 Å². The van der Waals surface area contributed by atoms with Crippen molar-refractivity contribution in [1.82, 2.24) is 15.1 Å². The summed E-state index contributed by atoms with van der Waals surface area (Å²) < 4.78 is 2.59. The van der Waals surface area contributed by atoms with Gasteiger partial charge in [-0.3, -0.25) is 4.79 Å². The number of thiophene rings is 1. The Balaban J connectivity index is 1.73. The number of aryl methyl sites for hydroxylation is 2. The maximum atomic E-state index is 12.4. The topological polar surface area (TPSA) is 46.9 Å². The van der Waals surface area contributed by atoms with Crippen LogP contribution in [0.5, 0.6) is 0 Å². The molecule has 6 heteroatoms. The third-order valence-electron chi connectivity index (χ3n) is 3.75. The van der Waals surface area contributed by atoms with E-state index in [-0.39, 0.29) is 11.9 Å². The van der Waals surface area contributed by atoms with Gasteiger partial charge in [-0.05, 0) is 63.2 Å². The molecule has 3 aromatic rings. The molecule has 0 fully saturated rings. The van der Waals surface area contributed by atoms with E-state index in [2.05, 4.69) is 10.4 Å². The maximum absolute atomic E-state index is 12.4. The van der Waals surface area contributed by atoms with Gasteiger partial charge in [0.2, 0.25) is 0 Å². The Kier molecular flexibility index (Phi) is 4.73. The van der Waals surface area contributed by atoms with E-state index in [1.165, 1.54) is 11.3 Å². The second-order valence-electron chi connectivity index (χ2n) is 5.72. The number of nitrogens with zero attached hydrogens (tertiary/aromatic N) is 2. The van der Waals surface area contributed by atoms with Crippen molar-refractivity contribution in [2.75, 3.05) is 0 Å². The molecule has 0 spiro atoms. The highest BCUT2D eigenvalue weighted by Crippen LogP contribution is 2.26. The van der Waals surface area contributed by atoms with Crippen LogP contribution in [0.15, 0.2) is 42.5 Å². The number of amides is 1. The van der Waals surface area contributed by atoms with Crippen LogP contribution >= 0.6 is 22.9 Å². The molecule has 0 aliphatic rings. The Morgan fingerprint density at radius 1 is 1.21 bits per heavy atom. The smallest absolute Gasteiger partial charge is 0.251 e. The molecular formula is C18H18ClN3OS. The zero-order chi connectivity index (χ0) is 17.3. The largest absolute Gasteiger partial charge is 0.345 e. The Morgan fingerprint density at radius 2 is 1.92 bits per heavy atom. The number of carbonyl (C=O) groups is 1. The summed E-state index contributed by atoms with van der Waals surface area (Å²) >= 11 is 7.42. The van der Waals surface area contributed by atoms with Gasteiger partial charge < -0.3 is 5.32 Å². The van der Waals surface area contributed by atoms with Crippen LogP contribution in [0.25, 0.3) is 5.69 Å². The fourth-order valence-corrected chi connectivity index (χ4v) is 3.62. The van der Waals surface area contributed by atoms with Gasteiger partial charge in [-0.15, -0.1) is 11.3 Å². The number of hydrogen-bond donors (Lipinski definition) is 1. The number of rotatable bonds is 4. The second kappa shape index (κ2) is 6.79. The minimum Gasteiger partial charge on any atom is -0.345 e. The van der Waals surface area contributed by atoms with Crippen molar-refractivity contribution in [1.29, 1.82) is 0 Å². The lowest BCUT2D eigenvalue weighted by molar-refractivity contribution is 0.0940. The van der Waals surface area contributed by atoms with Crippen molar-refractivity contribution < 1.29 is 4.79 Å². The highest BCUT2D eigenvalue weighted by molar-refractivity contribution is 7.16. The van der Waals surface area contributed by atoms with Crippen LogP contribution < -0.4 is 5.32 Å². The Morgan fingerprint density at radius 3 is 2.46 bits per heavy atom. The molecule has 4 nitrogen and oxygen atoms in total. The van der Waals surface area contributed by atoms with Crippen LogP contribution in [0, 0.1) is 13.8 Å². The van der Waals surface area contributed by atoms with Crippen molar-refractivity contribution in [3.8, 4) is 5.69 Å². The third-order valence-corrected chi connectivity index (χ3v) is 5.17. The lowest BCUT2D eigenvalue weighted by Crippen LogP contribution is -2.26. The minimum atomic E-state index is -0.105. The number of hydrogen-bond acceptors (Lipinski definition) is 3. The summed E-state index contributed by atoms with van der Waals surface area (Å²) in [7, 11) is 0. The van der Waals surface area contributed by atoms with Crippen molar-refractivity contribution in [3.63, 3.8) is 0 Å². The monoisotopic (exact) mass is 359 g/mol. The number of nitrogens with one attached hydrogen (secondary N) is 1. The average molecular weight is 360 g/mol. The average Bonchev–Trinajstić information content (AvgIpc) is 3.13. The number of halogens is 1. The highest BCUT2D eigenvalue weighted by atomic mass is 35.5. The summed E-state index contributed by atoms with van der Waals surface area (Å²) in [4.78, 5) is 13.4. The quantitative estimate of drug-likeness (QED) is 0.734. The van der Waals surface area contributed by atoms with E-state index in [0.717, 1.165) is 26.3 Å². The summed E-state index contributed by atoms with van der Waals surface area (Å²) in [5.41, 5.74) is 3.59. The fourth-order valence-electron chi connectivity index (χ4n) is 2.56. The van der Waals surface area contributed by atoms with Gasteiger partial charge in [0.25, 0.3) is 5.91 Å². The zero-order valence-corrected chi connectivity index (χ0v) is 15.3. The van der Waals surface area contributed by atoms with E-state index in [0.29, 0.717) is 5.56 Å². The van der Waals surface area contributed by atoms with Crippen molar-refractivity contribution in [2.45, 2.75) is 26.8 Å². The fraction of sp³-hybridized carbons (Fsp3) is 0.222. The van der Waals surface area contributed by atoms with E-state index in [1.54, 1.807) is 0 Å². The number of benzene rings is 1. The van der Waals surface area contributed by atoms with Gasteiger partial charge in [0.1, 0.15) is 0 Å². The van der Waals surface area contributed by atoms with E-state index >= 15 is 0 Å². The summed E-state index contributed by atoms with van der Waals surface area (Å²) in [6, 6.07) is 13.2. The molecule has 0 saturated carbocycles. The van der Waals surface area contributed by atoms with Crippen LogP contribution in [0.2, 0.25) is 4.34 Å². The molecule has 0 bridgehead atoms. The molecule has 24 heavy (non-hydrogen) atoms. The van der Waals surface area contributed by atoms with E-state index in [9.17, 15) is 4.79 Å². The van der Waals surface area contributed by atoms with Gasteiger partial charge in [0, 0.05) is 16.1 Å². The van der Waals surface area contributed by atoms with E-state index in [1.807, 2.05) is 67.9 Å². The molecule has 0 aliphatic carbocycles. The van der Waals surface area contributed by atoms with Gasteiger partial charge in [0.05, 0.1) is 21.8 Å². The van der Waals surface area contributed by atoms with E-state index < -0.39 is 0 Å². The first-order chi connectivity index (χ1) is 11.4. The highest BCUT2D eigenvalue weighted by Gasteiger charge is 2.13. The van der Waals surface area contributed by atoms with Crippen LogP contribution in [-0.2, 0) is 0 Å². The predicted molar refractivity (Wildman–Crippen MR) is 98.2 cm³/mol. The zero-order valence-electron chi connectivity index (χ0n) is 13.7. The number of carbonyl (C=O) groups excluding carboxylic acids is 1. The molecule has 1 N–H and O–H groups in total. The van der Waals surface area contributed by atoms with Crippen LogP contribution in [0.4, 0.5) is 0 Å². The molecule has 1 aromatic carbocycles. The van der Waals surface area contributed by atoms with Crippen molar-refractivity contribution >= 4 is 28.8 Å². The molecule has 0 saturated heterocycles. The molecule has 0 aliphatic heterocycles. The molecular weight excluding hydrogens is 342 g/mol. The summed E-state index contributed by atoms with van der Waals surface area (Å²) in [5.74, 6) is -0.105. The summed E-state index contributed by atoms with van der Waals surface area (Å²) in [6.07, 6.45) is 0. The van der Waals surface area contributed by atoms with Crippen molar-refractivity contribution in [3.05, 3.63) is 68.6 Å². The molecule has 0 radical (unpaired) electrons. The van der Waals surface area contributed by atoms with Crippen molar-refractivity contribution in [2.24, 2.45) is 0 Å². The Labute approximate surface area is 150 Å². The Hall–Kier alpha value is -2.11. The molecule has 1 atom stereocenters. The summed E-state index contributed by atoms with van der Waals surface area (Å²) in [6.45, 7) is 5.92. The van der Waals surface area contributed by atoms with Gasteiger partial charge in [-0.2, -0.15) is 5.10 Å². The van der Waals surface area contributed by atoms with Gasteiger partial charge >= 0.3 is 0 Å². The lowest BCUT2D eigenvalue weighted by Gasteiger charge is -2.12. The molecule has 1 unspecified atom stereocenters. The van der Waals surface area contributed by atoms with Gasteiger partial charge in [-0.25, -0.2) is 4.68 Å². The van der Waals surface area contributed by atoms with Gasteiger partial charge in [0.15, 0.2) is 0 Å². The molecule has 2 heterocycles. The molecule has 3 rings (SSSR count). The summed E-state index contributed by atoms with van der Waals surface area (Å²) in [5, 5.41) is 7.44. The Bertz CT molecular complexity index is 867. The first-order valence-electron chi connectivity index (χ1n) is 7.64. The minimum absolute atomic E-state index is 0.0781. The van der Waals surface area contributed by atoms with Crippen LogP contribution in [0.1, 0.15) is 39.6 Å². The predicted octanol–water partition coefficient (Wildman–Crippen LogP) is 4.70. The third kappa shape index (κ3) is 3.52. The first-order valence-corrected chi connectivity index (χ1v) is 8.83. The number of aromatic nitrogens is 2. The molecule has 2 aromatic heterocycles. The maximum Gasteiger partial charge on any atom is 0.251 e. The normalized spacial score (nSPS) is 12.2. The standard InChI is InChI=1S/C18H18ClN3OS/c1-11-10-12(2)22(21-11)15-6-4-14(5-7-15)18(23)20-13(3)16-8-9-17(19)24-16/h4-10,13H,1-3H3,(H,20,23). The first kappa shape index (κ1) is 16.7. The molecule has 124 valence electrons. The van der Waals surface area contributed by atoms with E-state index in [4.69, 9.17) is 11.6 Å². The second-order valence-corrected chi connectivity index (χ2v) is 7.47. The lowest BCUT2D eigenvalue weighted by atomic mass is 10.1. The molecule has 1 amide bonds. The van der Waals surface area contributed by atoms with Crippen LogP contribution in [0.3, 0.4) is 0 Å².